The maximum absolute atomic E-state index is 11.8. The number of nitrogens with one attached hydrogen (secondary N) is 3. The van der Waals surface area contributed by atoms with E-state index in [4.69, 9.17) is 4.74 Å². The Labute approximate surface area is 171 Å². The Morgan fingerprint density at radius 1 is 1.08 bits per heavy atom. The summed E-state index contributed by atoms with van der Waals surface area (Å²) in [5.74, 6) is 1.33. The summed E-state index contributed by atoms with van der Waals surface area (Å²) in [4.78, 5) is 16.4. The van der Waals surface area contributed by atoms with Crippen molar-refractivity contribution in [2.45, 2.75) is 61.0 Å². The van der Waals surface area contributed by atoms with Crippen molar-refractivity contribution in [3.05, 3.63) is 0 Å². The van der Waals surface area contributed by atoms with Crippen molar-refractivity contribution >= 4 is 35.8 Å². The Balaban J connectivity index is 0. The number of nitrogens with zero attached hydrogens (tertiary/aromatic N) is 1. The fraction of sp³-hybridized carbons (Fsp3) is 0.889. The average molecular weight is 470 g/mol. The zero-order valence-electron chi connectivity index (χ0n) is 17.1. The third-order valence-electron chi connectivity index (χ3n) is 3.54. The van der Waals surface area contributed by atoms with Crippen molar-refractivity contribution in [2.24, 2.45) is 16.3 Å². The first kappa shape index (κ1) is 26.7. The Morgan fingerprint density at radius 2 is 1.68 bits per heavy atom. The predicted octanol–water partition coefficient (Wildman–Crippen LogP) is 2.77. The van der Waals surface area contributed by atoms with Crippen LogP contribution in [0.3, 0.4) is 0 Å². The van der Waals surface area contributed by atoms with E-state index in [0.717, 1.165) is 25.5 Å². The van der Waals surface area contributed by atoms with Gasteiger partial charge in [-0.25, -0.2) is 0 Å². The molecule has 0 aliphatic rings. The van der Waals surface area contributed by atoms with Gasteiger partial charge >= 0.3 is 0 Å². The lowest BCUT2D eigenvalue weighted by Gasteiger charge is -2.20. The molecule has 0 bridgehead atoms. The summed E-state index contributed by atoms with van der Waals surface area (Å²) in [6.45, 7) is 17.6. The molecule has 25 heavy (non-hydrogen) atoms. The molecular formula is C18H39IN4O2. The second-order valence-corrected chi connectivity index (χ2v) is 7.22. The number of aliphatic imine (C=N–C) groups is 1. The highest BCUT2D eigenvalue weighted by atomic mass is 127. The van der Waals surface area contributed by atoms with Crippen LogP contribution in [0.5, 0.6) is 0 Å². The second kappa shape index (κ2) is 14.6. The summed E-state index contributed by atoms with van der Waals surface area (Å²) in [6, 6.07) is 0. The SMILES string of the molecule is CCNC(=NCCC(OCC)C(C)C)NCCNC(=O)C(C)(C)C.I. The maximum atomic E-state index is 11.8. The van der Waals surface area contributed by atoms with Crippen LogP contribution in [0.15, 0.2) is 4.99 Å². The van der Waals surface area contributed by atoms with Gasteiger partial charge in [0.15, 0.2) is 5.96 Å². The number of guanidine groups is 1. The summed E-state index contributed by atoms with van der Waals surface area (Å²) in [5.41, 5.74) is -0.357. The fourth-order valence-electron chi connectivity index (χ4n) is 2.09. The minimum Gasteiger partial charge on any atom is -0.378 e. The molecule has 0 aromatic heterocycles. The van der Waals surface area contributed by atoms with Gasteiger partial charge in [-0.15, -0.1) is 24.0 Å². The van der Waals surface area contributed by atoms with Crippen LogP contribution in [0.25, 0.3) is 0 Å². The van der Waals surface area contributed by atoms with Gasteiger partial charge in [-0.05, 0) is 26.2 Å². The molecule has 0 aliphatic heterocycles. The van der Waals surface area contributed by atoms with E-state index in [-0.39, 0.29) is 41.4 Å². The molecule has 0 saturated carbocycles. The average Bonchev–Trinajstić information content (AvgIpc) is 2.49. The van der Waals surface area contributed by atoms with Gasteiger partial charge in [-0.1, -0.05) is 34.6 Å². The number of amides is 1. The van der Waals surface area contributed by atoms with Crippen LogP contribution >= 0.6 is 24.0 Å². The lowest BCUT2D eigenvalue weighted by Crippen LogP contribution is -2.43. The largest absolute Gasteiger partial charge is 0.378 e. The van der Waals surface area contributed by atoms with E-state index >= 15 is 0 Å². The zero-order valence-corrected chi connectivity index (χ0v) is 19.4. The molecule has 0 rings (SSSR count). The van der Waals surface area contributed by atoms with E-state index in [1.807, 2.05) is 34.6 Å². The highest BCUT2D eigenvalue weighted by Crippen LogP contribution is 2.12. The van der Waals surface area contributed by atoms with E-state index in [1.54, 1.807) is 0 Å². The quantitative estimate of drug-likeness (QED) is 0.199. The van der Waals surface area contributed by atoms with E-state index < -0.39 is 0 Å². The molecule has 0 fully saturated rings. The molecule has 3 N–H and O–H groups in total. The summed E-state index contributed by atoms with van der Waals surface area (Å²) in [5, 5.41) is 9.39. The Hall–Kier alpha value is -0.570. The number of carbonyl (C=O) groups excluding carboxylic acids is 1. The molecule has 0 saturated heterocycles. The van der Waals surface area contributed by atoms with Crippen LogP contribution in [-0.2, 0) is 9.53 Å². The smallest absolute Gasteiger partial charge is 0.225 e. The fourth-order valence-corrected chi connectivity index (χ4v) is 2.09. The van der Waals surface area contributed by atoms with Crippen LogP contribution in [0, 0.1) is 11.3 Å². The first-order valence-corrected chi connectivity index (χ1v) is 9.14. The van der Waals surface area contributed by atoms with Crippen molar-refractivity contribution in [3.8, 4) is 0 Å². The minimum atomic E-state index is -0.357. The highest BCUT2D eigenvalue weighted by molar-refractivity contribution is 14.0. The van der Waals surface area contributed by atoms with E-state index in [0.29, 0.717) is 25.6 Å². The van der Waals surface area contributed by atoms with Crippen molar-refractivity contribution in [3.63, 3.8) is 0 Å². The Bertz CT molecular complexity index is 382. The van der Waals surface area contributed by atoms with Crippen LogP contribution in [-0.4, -0.2) is 50.8 Å². The van der Waals surface area contributed by atoms with E-state index in [2.05, 4.69) is 34.8 Å². The van der Waals surface area contributed by atoms with E-state index in [9.17, 15) is 4.79 Å². The third kappa shape index (κ3) is 13.3. The number of carbonyl (C=O) groups is 1. The van der Waals surface area contributed by atoms with Gasteiger partial charge in [0.2, 0.25) is 5.91 Å². The molecule has 7 heteroatoms. The number of halogens is 1. The molecule has 0 aliphatic carbocycles. The standard InChI is InChI=1S/C18H38N4O2.HI/c1-8-19-17(21-11-10-15(14(3)4)24-9-2)22-13-12-20-16(23)18(5,6)7;/h14-15H,8-13H2,1-7H3,(H,20,23)(H2,19,21,22);1H. The van der Waals surface area contributed by atoms with E-state index in [1.165, 1.54) is 0 Å². The molecular weight excluding hydrogens is 431 g/mol. The van der Waals surface area contributed by atoms with Gasteiger partial charge in [0.05, 0.1) is 6.10 Å². The minimum absolute atomic E-state index is 0. The molecule has 1 unspecified atom stereocenters. The molecule has 1 amide bonds. The van der Waals surface area contributed by atoms with Gasteiger partial charge in [-0.2, -0.15) is 0 Å². The van der Waals surface area contributed by atoms with Crippen molar-refractivity contribution in [1.82, 2.24) is 16.0 Å². The monoisotopic (exact) mass is 470 g/mol. The van der Waals surface area contributed by atoms with Gasteiger partial charge in [0, 0.05) is 38.2 Å². The highest BCUT2D eigenvalue weighted by Gasteiger charge is 2.20. The summed E-state index contributed by atoms with van der Waals surface area (Å²) < 4.78 is 5.74. The molecule has 6 nitrogen and oxygen atoms in total. The first-order chi connectivity index (χ1) is 11.2. The number of rotatable bonds is 10. The molecule has 0 spiro atoms. The topological polar surface area (TPSA) is 74.8 Å². The van der Waals surface area contributed by atoms with Gasteiger partial charge < -0.3 is 20.7 Å². The van der Waals surface area contributed by atoms with Crippen LogP contribution < -0.4 is 16.0 Å². The second-order valence-electron chi connectivity index (χ2n) is 7.22. The van der Waals surface area contributed by atoms with Crippen molar-refractivity contribution < 1.29 is 9.53 Å². The van der Waals surface area contributed by atoms with Crippen molar-refractivity contribution in [1.29, 1.82) is 0 Å². The third-order valence-corrected chi connectivity index (χ3v) is 3.54. The molecule has 0 heterocycles. The van der Waals surface area contributed by atoms with Crippen LogP contribution in [0.4, 0.5) is 0 Å². The lowest BCUT2D eigenvalue weighted by molar-refractivity contribution is -0.128. The Kier molecular flexibility index (Phi) is 15.6. The summed E-state index contributed by atoms with van der Waals surface area (Å²) in [6.07, 6.45) is 1.15. The maximum Gasteiger partial charge on any atom is 0.225 e. The zero-order chi connectivity index (χ0) is 18.6. The number of ether oxygens (including phenoxy) is 1. The van der Waals surface area contributed by atoms with Crippen molar-refractivity contribution in [2.75, 3.05) is 32.8 Å². The van der Waals surface area contributed by atoms with Gasteiger partial charge in [0.1, 0.15) is 0 Å². The predicted molar refractivity (Wildman–Crippen MR) is 117 cm³/mol. The molecule has 0 aromatic rings. The Morgan fingerprint density at radius 3 is 2.16 bits per heavy atom. The normalized spacial score (nSPS) is 13.2. The van der Waals surface area contributed by atoms with Crippen LogP contribution in [0.1, 0.15) is 54.9 Å². The molecule has 0 radical (unpaired) electrons. The molecule has 0 aromatic carbocycles. The van der Waals surface area contributed by atoms with Crippen LogP contribution in [0.2, 0.25) is 0 Å². The lowest BCUT2D eigenvalue weighted by atomic mass is 9.96. The molecule has 150 valence electrons. The van der Waals surface area contributed by atoms with Gasteiger partial charge in [-0.3, -0.25) is 9.79 Å². The number of hydrogen-bond donors (Lipinski definition) is 3. The van der Waals surface area contributed by atoms with Gasteiger partial charge in [0.25, 0.3) is 0 Å². The first-order valence-electron chi connectivity index (χ1n) is 9.14. The summed E-state index contributed by atoms with van der Waals surface area (Å²) in [7, 11) is 0. The number of hydrogen-bond acceptors (Lipinski definition) is 3. The summed E-state index contributed by atoms with van der Waals surface area (Å²) >= 11 is 0. The molecule has 1 atom stereocenters.